The Morgan fingerprint density at radius 3 is 2.96 bits per heavy atom. The maximum atomic E-state index is 14.1. The lowest BCUT2D eigenvalue weighted by Gasteiger charge is -2.21. The lowest BCUT2D eigenvalue weighted by atomic mass is 10.0. The number of hydrogen-bond donors (Lipinski definition) is 0. The molecule has 1 atom stereocenters. The van der Waals surface area contributed by atoms with E-state index < -0.39 is 0 Å². The first kappa shape index (κ1) is 16.8. The predicted octanol–water partition coefficient (Wildman–Crippen LogP) is 5.10. The van der Waals surface area contributed by atoms with Crippen LogP contribution in [0.15, 0.2) is 46.9 Å². The number of halogens is 1. The Morgan fingerprint density at radius 1 is 1.31 bits per heavy atom. The maximum Gasteiger partial charge on any atom is 0.223 e. The fourth-order valence-corrected chi connectivity index (χ4v) is 3.63. The van der Waals surface area contributed by atoms with E-state index in [1.54, 1.807) is 12.1 Å². The van der Waals surface area contributed by atoms with Crippen LogP contribution in [-0.2, 0) is 4.79 Å². The molecule has 1 aliphatic heterocycles. The Labute approximate surface area is 151 Å². The van der Waals surface area contributed by atoms with Gasteiger partial charge in [0.15, 0.2) is 5.58 Å². The van der Waals surface area contributed by atoms with Crippen LogP contribution in [0.1, 0.15) is 44.5 Å². The van der Waals surface area contributed by atoms with Gasteiger partial charge in [0.05, 0.1) is 0 Å². The van der Waals surface area contributed by atoms with Gasteiger partial charge >= 0.3 is 0 Å². The van der Waals surface area contributed by atoms with Crippen LogP contribution in [0.25, 0.3) is 22.2 Å². The van der Waals surface area contributed by atoms with Crippen LogP contribution in [0.2, 0.25) is 0 Å². The number of hydrogen-bond acceptors (Lipinski definition) is 3. The highest BCUT2D eigenvalue weighted by Crippen LogP contribution is 2.35. The molecule has 1 saturated heterocycles. The van der Waals surface area contributed by atoms with Crippen molar-refractivity contribution in [1.29, 1.82) is 0 Å². The molecule has 0 saturated carbocycles. The summed E-state index contributed by atoms with van der Waals surface area (Å²) in [6.07, 6.45) is 3.21. The largest absolute Gasteiger partial charge is 0.438 e. The van der Waals surface area contributed by atoms with Crippen molar-refractivity contribution in [1.82, 2.24) is 9.88 Å². The lowest BCUT2D eigenvalue weighted by molar-refractivity contribution is -0.132. The Hall–Kier alpha value is -2.69. The topological polar surface area (TPSA) is 46.3 Å². The summed E-state index contributed by atoms with van der Waals surface area (Å²) in [5.74, 6) is 0.472. The monoisotopic (exact) mass is 352 g/mol. The van der Waals surface area contributed by atoms with Gasteiger partial charge in [0.25, 0.3) is 0 Å². The first-order chi connectivity index (χ1) is 12.7. The van der Waals surface area contributed by atoms with E-state index in [1.807, 2.05) is 36.1 Å². The Balaban J connectivity index is 1.68. The summed E-state index contributed by atoms with van der Waals surface area (Å²) in [6.45, 7) is 2.76. The van der Waals surface area contributed by atoms with E-state index in [4.69, 9.17) is 4.42 Å². The van der Waals surface area contributed by atoms with Crippen LogP contribution < -0.4 is 0 Å². The van der Waals surface area contributed by atoms with Crippen molar-refractivity contribution in [2.45, 2.75) is 38.6 Å². The van der Waals surface area contributed by atoms with Crippen LogP contribution >= 0.6 is 0 Å². The van der Waals surface area contributed by atoms with Crippen LogP contribution in [0, 0.1) is 5.82 Å². The van der Waals surface area contributed by atoms with E-state index in [0.717, 1.165) is 31.4 Å². The number of fused-ring (bicyclic) bond motifs is 1. The maximum absolute atomic E-state index is 14.1. The van der Waals surface area contributed by atoms with Gasteiger partial charge < -0.3 is 9.32 Å². The average Bonchev–Trinajstić information content (AvgIpc) is 3.28. The van der Waals surface area contributed by atoms with Crippen molar-refractivity contribution in [3.05, 3.63) is 54.2 Å². The average molecular weight is 352 g/mol. The molecule has 26 heavy (non-hydrogen) atoms. The molecule has 0 N–H and O–H groups in total. The molecule has 0 radical (unpaired) electrons. The number of amides is 1. The third-order valence-electron chi connectivity index (χ3n) is 4.91. The van der Waals surface area contributed by atoms with Gasteiger partial charge in [0.2, 0.25) is 11.8 Å². The van der Waals surface area contributed by atoms with Gasteiger partial charge in [-0.2, -0.15) is 0 Å². The summed E-state index contributed by atoms with van der Waals surface area (Å²) in [4.78, 5) is 18.8. The molecule has 1 aliphatic rings. The predicted molar refractivity (Wildman–Crippen MR) is 98.0 cm³/mol. The quantitative estimate of drug-likeness (QED) is 0.656. The van der Waals surface area contributed by atoms with Gasteiger partial charge in [-0.25, -0.2) is 9.37 Å². The summed E-state index contributed by atoms with van der Waals surface area (Å²) in [5, 5.41) is 0. The van der Waals surface area contributed by atoms with Gasteiger partial charge in [0, 0.05) is 18.5 Å². The Bertz CT molecular complexity index is 950. The fraction of sp³-hybridized carbons (Fsp3) is 0.333. The molecule has 1 amide bonds. The third-order valence-corrected chi connectivity index (χ3v) is 4.91. The number of aromatic nitrogens is 1. The molecular weight excluding hydrogens is 331 g/mol. The van der Waals surface area contributed by atoms with Gasteiger partial charge in [0.1, 0.15) is 17.4 Å². The summed E-state index contributed by atoms with van der Waals surface area (Å²) in [6, 6.07) is 12.1. The standard InChI is InChI=1S/C21H21FN2O2/c1-2-6-20(25)24-12-5-9-18(24)21-23-17-13-14(10-11-19(17)26-21)15-7-3-4-8-16(15)22/h3-4,7-8,10-11,13,18H,2,5-6,9,12H2,1H3/t18-/m1/s1. The Kier molecular flexibility index (Phi) is 4.45. The second kappa shape index (κ2) is 6.90. The number of oxazole rings is 1. The van der Waals surface area contributed by atoms with Crippen LogP contribution in [0.4, 0.5) is 4.39 Å². The van der Waals surface area contributed by atoms with E-state index in [9.17, 15) is 9.18 Å². The third kappa shape index (κ3) is 2.98. The fourth-order valence-electron chi connectivity index (χ4n) is 3.63. The summed E-state index contributed by atoms with van der Waals surface area (Å²) in [5.41, 5.74) is 2.66. The van der Waals surface area contributed by atoms with Crippen molar-refractivity contribution in [3.8, 4) is 11.1 Å². The molecule has 1 aromatic heterocycles. The molecule has 2 aromatic carbocycles. The molecule has 134 valence electrons. The normalized spacial score (nSPS) is 17.2. The highest BCUT2D eigenvalue weighted by molar-refractivity contribution is 5.81. The molecule has 3 aromatic rings. The van der Waals surface area contributed by atoms with Crippen molar-refractivity contribution in [2.75, 3.05) is 6.54 Å². The van der Waals surface area contributed by atoms with Crippen molar-refractivity contribution >= 4 is 17.0 Å². The minimum Gasteiger partial charge on any atom is -0.438 e. The highest BCUT2D eigenvalue weighted by atomic mass is 19.1. The zero-order valence-electron chi connectivity index (χ0n) is 14.7. The van der Waals surface area contributed by atoms with E-state index in [2.05, 4.69) is 4.98 Å². The first-order valence-corrected chi connectivity index (χ1v) is 9.12. The molecule has 0 bridgehead atoms. The number of nitrogens with zero attached hydrogens (tertiary/aromatic N) is 2. The SMILES string of the molecule is CCCC(=O)N1CCC[C@@H]1c1nc2cc(-c3ccccc3F)ccc2o1. The van der Waals surface area contributed by atoms with E-state index in [1.165, 1.54) is 6.07 Å². The van der Waals surface area contributed by atoms with Gasteiger partial charge in [-0.15, -0.1) is 0 Å². The van der Waals surface area contributed by atoms with Crippen molar-refractivity contribution in [2.24, 2.45) is 0 Å². The van der Waals surface area contributed by atoms with Crippen molar-refractivity contribution < 1.29 is 13.6 Å². The molecule has 4 nitrogen and oxygen atoms in total. The second-order valence-corrected chi connectivity index (χ2v) is 6.71. The second-order valence-electron chi connectivity index (χ2n) is 6.71. The summed E-state index contributed by atoms with van der Waals surface area (Å²) in [7, 11) is 0. The minimum absolute atomic E-state index is 0.0987. The Morgan fingerprint density at radius 2 is 2.15 bits per heavy atom. The van der Waals surface area contributed by atoms with Crippen LogP contribution in [0.5, 0.6) is 0 Å². The first-order valence-electron chi connectivity index (χ1n) is 9.12. The van der Waals surface area contributed by atoms with Gasteiger partial charge in [-0.3, -0.25) is 4.79 Å². The minimum atomic E-state index is -0.261. The van der Waals surface area contributed by atoms with Crippen LogP contribution in [0.3, 0.4) is 0 Å². The molecular formula is C21H21FN2O2. The number of carbonyl (C=O) groups excluding carboxylic acids is 1. The summed E-state index contributed by atoms with van der Waals surface area (Å²) >= 11 is 0. The molecule has 5 heteroatoms. The number of rotatable bonds is 4. The van der Waals surface area contributed by atoms with E-state index in [0.29, 0.717) is 29.0 Å². The van der Waals surface area contributed by atoms with Crippen molar-refractivity contribution in [3.63, 3.8) is 0 Å². The molecule has 1 fully saturated rings. The molecule has 0 aliphatic carbocycles. The lowest BCUT2D eigenvalue weighted by Crippen LogP contribution is -2.30. The van der Waals surface area contributed by atoms with Gasteiger partial charge in [-0.05, 0) is 43.0 Å². The van der Waals surface area contributed by atoms with Gasteiger partial charge in [-0.1, -0.05) is 31.2 Å². The highest BCUT2D eigenvalue weighted by Gasteiger charge is 2.33. The zero-order chi connectivity index (χ0) is 18.1. The van der Waals surface area contributed by atoms with Crippen LogP contribution in [-0.4, -0.2) is 22.3 Å². The number of carbonyl (C=O) groups is 1. The molecule has 4 rings (SSSR count). The smallest absolute Gasteiger partial charge is 0.223 e. The van der Waals surface area contributed by atoms with E-state index in [-0.39, 0.29) is 17.8 Å². The number of benzene rings is 2. The summed E-state index contributed by atoms with van der Waals surface area (Å²) < 4.78 is 20.0. The zero-order valence-corrected chi connectivity index (χ0v) is 14.7. The molecule has 2 heterocycles. The molecule has 0 unspecified atom stereocenters. The molecule has 0 spiro atoms. The van der Waals surface area contributed by atoms with E-state index >= 15 is 0 Å². The number of likely N-dealkylation sites (tertiary alicyclic amines) is 1.